The van der Waals surface area contributed by atoms with Crippen LogP contribution in [-0.4, -0.2) is 53.4 Å². The van der Waals surface area contributed by atoms with E-state index in [9.17, 15) is 16.8 Å². The number of hydrogen-bond donors (Lipinski definition) is 1. The summed E-state index contributed by atoms with van der Waals surface area (Å²) in [6.07, 6.45) is 2.47. The Hall–Kier alpha value is -1.94. The van der Waals surface area contributed by atoms with Crippen LogP contribution in [0.5, 0.6) is 0 Å². The fourth-order valence-corrected chi connectivity index (χ4v) is 6.87. The van der Waals surface area contributed by atoms with Gasteiger partial charge in [0.15, 0.2) is 0 Å². The normalized spacial score (nSPS) is 17.5. The van der Waals surface area contributed by atoms with Gasteiger partial charge >= 0.3 is 0 Å². The lowest BCUT2D eigenvalue weighted by atomic mass is 10.2. The summed E-state index contributed by atoms with van der Waals surface area (Å²) in [7, 11) is -7.39. The molecule has 2 aromatic carbocycles. The van der Waals surface area contributed by atoms with E-state index in [1.165, 1.54) is 4.31 Å². The maximum atomic E-state index is 12.9. The maximum Gasteiger partial charge on any atom is 0.243 e. The summed E-state index contributed by atoms with van der Waals surface area (Å²) in [6.45, 7) is 8.33. The third-order valence-corrected chi connectivity index (χ3v) is 9.00. The minimum atomic E-state index is -3.74. The van der Waals surface area contributed by atoms with Crippen LogP contribution in [0.1, 0.15) is 38.7 Å². The van der Waals surface area contributed by atoms with Crippen molar-refractivity contribution in [3.05, 3.63) is 54.1 Å². The molecule has 1 heterocycles. The largest absolute Gasteiger partial charge is 0.372 e. The Kier molecular flexibility index (Phi) is 7.97. The molecule has 0 radical (unpaired) electrons. The second-order valence-corrected chi connectivity index (χ2v) is 11.9. The highest BCUT2D eigenvalue weighted by Crippen LogP contribution is 2.24. The van der Waals surface area contributed by atoms with Gasteiger partial charge in [0.05, 0.1) is 9.79 Å². The summed E-state index contributed by atoms with van der Waals surface area (Å²) in [6, 6.07) is 13.2. The third kappa shape index (κ3) is 5.70. The molecule has 1 aliphatic heterocycles. The van der Waals surface area contributed by atoms with Gasteiger partial charge in [-0.25, -0.2) is 21.6 Å². The Labute approximate surface area is 192 Å². The van der Waals surface area contributed by atoms with Crippen molar-refractivity contribution in [2.75, 3.05) is 31.1 Å². The van der Waals surface area contributed by atoms with Gasteiger partial charge in [0.2, 0.25) is 20.0 Å². The van der Waals surface area contributed by atoms with E-state index in [0.717, 1.165) is 37.2 Å². The molecule has 1 N–H and O–H groups in total. The molecule has 9 heteroatoms. The lowest BCUT2D eigenvalue weighted by Gasteiger charge is -2.24. The van der Waals surface area contributed by atoms with Gasteiger partial charge in [-0.15, -0.1) is 0 Å². The molecule has 1 aliphatic rings. The van der Waals surface area contributed by atoms with Gasteiger partial charge in [0.1, 0.15) is 0 Å². The van der Waals surface area contributed by atoms with Crippen LogP contribution in [0, 0.1) is 6.92 Å². The Morgan fingerprint density at radius 1 is 0.969 bits per heavy atom. The molecule has 0 saturated carbocycles. The molecular weight excluding hydrogens is 446 g/mol. The highest BCUT2D eigenvalue weighted by molar-refractivity contribution is 7.89. The van der Waals surface area contributed by atoms with E-state index in [2.05, 4.69) is 23.5 Å². The molecule has 1 fully saturated rings. The Morgan fingerprint density at radius 2 is 1.62 bits per heavy atom. The Bertz CT molecular complexity index is 1110. The second kappa shape index (κ2) is 10.3. The van der Waals surface area contributed by atoms with E-state index in [4.69, 9.17) is 0 Å². The second-order valence-electron chi connectivity index (χ2n) is 8.27. The van der Waals surface area contributed by atoms with Gasteiger partial charge in [-0.1, -0.05) is 26.0 Å². The molecule has 1 atom stereocenters. The molecule has 0 aromatic heterocycles. The zero-order chi connectivity index (χ0) is 23.4. The fraction of sp³-hybridized carbons (Fsp3) is 0.478. The molecule has 1 unspecified atom stereocenters. The molecule has 0 bridgehead atoms. The zero-order valence-electron chi connectivity index (χ0n) is 19.0. The van der Waals surface area contributed by atoms with Crippen LogP contribution in [0.2, 0.25) is 0 Å². The quantitative estimate of drug-likeness (QED) is 0.565. The minimum Gasteiger partial charge on any atom is -0.372 e. The topological polar surface area (TPSA) is 86.8 Å². The van der Waals surface area contributed by atoms with Crippen molar-refractivity contribution in [3.8, 4) is 0 Å². The maximum absolute atomic E-state index is 12.9. The van der Waals surface area contributed by atoms with E-state index in [1.54, 1.807) is 30.3 Å². The number of sulfonamides is 2. The average molecular weight is 480 g/mol. The van der Waals surface area contributed by atoms with Gasteiger partial charge in [0, 0.05) is 37.9 Å². The first-order valence-electron chi connectivity index (χ1n) is 11.1. The Balaban J connectivity index is 1.68. The zero-order valence-corrected chi connectivity index (χ0v) is 20.6. The fourth-order valence-electron chi connectivity index (χ4n) is 4.00. The summed E-state index contributed by atoms with van der Waals surface area (Å²) in [5.41, 5.74) is 1.87. The number of nitrogens with zero attached hydrogens (tertiary/aromatic N) is 2. The number of rotatable bonds is 10. The molecule has 7 nitrogen and oxygen atoms in total. The van der Waals surface area contributed by atoms with Crippen molar-refractivity contribution >= 4 is 25.7 Å². The highest BCUT2D eigenvalue weighted by atomic mass is 32.2. The molecule has 1 saturated heterocycles. The SMILES string of the molecule is CCCN(CCC)c1ccc(S(=O)(=O)NC2CCN(S(=O)(=O)c3cccc(C)c3)C2)cc1. The van der Waals surface area contributed by atoms with Gasteiger partial charge in [-0.05, 0) is 68.1 Å². The van der Waals surface area contributed by atoms with Crippen LogP contribution >= 0.6 is 0 Å². The van der Waals surface area contributed by atoms with Crippen LogP contribution < -0.4 is 9.62 Å². The number of nitrogens with one attached hydrogen (secondary N) is 1. The molecule has 32 heavy (non-hydrogen) atoms. The lowest BCUT2D eigenvalue weighted by molar-refractivity contribution is 0.467. The highest BCUT2D eigenvalue weighted by Gasteiger charge is 2.34. The molecule has 0 amide bonds. The van der Waals surface area contributed by atoms with Crippen LogP contribution in [0.15, 0.2) is 58.3 Å². The first-order valence-corrected chi connectivity index (χ1v) is 14.0. The van der Waals surface area contributed by atoms with Crippen molar-refractivity contribution in [2.24, 2.45) is 0 Å². The summed E-state index contributed by atoms with van der Waals surface area (Å²) in [5, 5.41) is 0. The number of benzene rings is 2. The van der Waals surface area contributed by atoms with Crippen molar-refractivity contribution < 1.29 is 16.8 Å². The molecule has 3 rings (SSSR count). The molecule has 0 aliphatic carbocycles. The summed E-state index contributed by atoms with van der Waals surface area (Å²) in [4.78, 5) is 2.67. The van der Waals surface area contributed by atoms with Gasteiger partial charge in [-0.2, -0.15) is 4.31 Å². The van der Waals surface area contributed by atoms with Crippen molar-refractivity contribution in [3.63, 3.8) is 0 Å². The van der Waals surface area contributed by atoms with Crippen LogP contribution in [0.4, 0.5) is 5.69 Å². The number of aryl methyl sites for hydroxylation is 1. The monoisotopic (exact) mass is 479 g/mol. The number of hydrogen-bond acceptors (Lipinski definition) is 5. The predicted octanol–water partition coefficient (Wildman–Crippen LogP) is 3.36. The van der Waals surface area contributed by atoms with Gasteiger partial charge < -0.3 is 4.90 Å². The minimum absolute atomic E-state index is 0.119. The third-order valence-electron chi connectivity index (χ3n) is 5.60. The lowest BCUT2D eigenvalue weighted by Crippen LogP contribution is -2.38. The van der Waals surface area contributed by atoms with Crippen LogP contribution in [-0.2, 0) is 20.0 Å². The summed E-state index contributed by atoms with van der Waals surface area (Å²) in [5.74, 6) is 0. The van der Waals surface area contributed by atoms with E-state index >= 15 is 0 Å². The van der Waals surface area contributed by atoms with Gasteiger partial charge in [0.25, 0.3) is 0 Å². The summed E-state index contributed by atoms with van der Waals surface area (Å²) < 4.78 is 55.7. The Morgan fingerprint density at radius 3 is 2.22 bits per heavy atom. The van der Waals surface area contributed by atoms with E-state index < -0.39 is 26.1 Å². The standard InChI is InChI=1S/C23H33N3O4S2/c1-4-14-25(15-5-2)21-9-11-22(12-10-21)31(27,28)24-20-13-16-26(18-20)32(29,30)23-8-6-7-19(3)17-23/h6-12,17,20,24H,4-5,13-16,18H2,1-3H3. The predicted molar refractivity (Wildman–Crippen MR) is 128 cm³/mol. The first kappa shape index (κ1) is 24.7. The van der Waals surface area contributed by atoms with Crippen LogP contribution in [0.3, 0.4) is 0 Å². The van der Waals surface area contributed by atoms with E-state index in [1.807, 2.05) is 25.1 Å². The number of anilines is 1. The van der Waals surface area contributed by atoms with Gasteiger partial charge in [-0.3, -0.25) is 0 Å². The molecule has 176 valence electrons. The molecule has 0 spiro atoms. The van der Waals surface area contributed by atoms with E-state index in [0.29, 0.717) is 6.42 Å². The summed E-state index contributed by atoms with van der Waals surface area (Å²) >= 11 is 0. The molecule has 2 aromatic rings. The first-order chi connectivity index (χ1) is 15.2. The van der Waals surface area contributed by atoms with Crippen LogP contribution in [0.25, 0.3) is 0 Å². The van der Waals surface area contributed by atoms with Crippen molar-refractivity contribution in [2.45, 2.75) is 55.9 Å². The molecular formula is C23H33N3O4S2. The van der Waals surface area contributed by atoms with Crippen molar-refractivity contribution in [1.29, 1.82) is 0 Å². The van der Waals surface area contributed by atoms with E-state index in [-0.39, 0.29) is 22.9 Å². The average Bonchev–Trinajstić information content (AvgIpc) is 3.22. The smallest absolute Gasteiger partial charge is 0.243 e. The van der Waals surface area contributed by atoms with Crippen molar-refractivity contribution in [1.82, 2.24) is 9.03 Å².